The molecular weight excluding hydrogens is 262 g/mol. The lowest BCUT2D eigenvalue weighted by atomic mass is 10.0. The summed E-state index contributed by atoms with van der Waals surface area (Å²) in [5.74, 6) is 0.830. The van der Waals surface area contributed by atoms with E-state index in [0.717, 1.165) is 31.1 Å². The first kappa shape index (κ1) is 16.5. The Kier molecular flexibility index (Phi) is 6.68. The molecule has 1 N–H and O–H groups in total. The van der Waals surface area contributed by atoms with Crippen molar-refractivity contribution >= 4 is 0 Å². The summed E-state index contributed by atoms with van der Waals surface area (Å²) in [5, 5.41) is 9.76. The second kappa shape index (κ2) is 8.52. The van der Waals surface area contributed by atoms with Crippen LogP contribution in [0.5, 0.6) is 0 Å². The zero-order chi connectivity index (χ0) is 15.1. The van der Waals surface area contributed by atoms with Gasteiger partial charge in [0.05, 0.1) is 19.3 Å². The third-order valence-electron chi connectivity index (χ3n) is 4.31. The van der Waals surface area contributed by atoms with Crippen molar-refractivity contribution in [3.63, 3.8) is 0 Å². The van der Waals surface area contributed by atoms with E-state index < -0.39 is 0 Å². The standard InChI is InChI=1S/C18H29NO2/c1-3-18(20)17-8-6-16(7-9-17)14-21-12-11-19-10-4-5-15(2)13-19/h6-9,15,18,20H,3-5,10-14H2,1-2H3. The minimum Gasteiger partial charge on any atom is -0.388 e. The molecule has 0 aromatic heterocycles. The van der Waals surface area contributed by atoms with Crippen molar-refractivity contribution in [3.05, 3.63) is 35.4 Å². The Hall–Kier alpha value is -0.900. The fourth-order valence-electron chi connectivity index (χ4n) is 2.95. The maximum absolute atomic E-state index is 9.76. The van der Waals surface area contributed by atoms with Crippen molar-refractivity contribution in [3.8, 4) is 0 Å². The zero-order valence-electron chi connectivity index (χ0n) is 13.4. The lowest BCUT2D eigenvalue weighted by Gasteiger charge is -2.30. The Labute approximate surface area is 128 Å². The number of likely N-dealkylation sites (tertiary alicyclic amines) is 1. The molecule has 0 aliphatic carbocycles. The molecule has 1 fully saturated rings. The number of aliphatic hydroxyl groups excluding tert-OH is 1. The average molecular weight is 291 g/mol. The van der Waals surface area contributed by atoms with Gasteiger partial charge in [0.1, 0.15) is 0 Å². The maximum Gasteiger partial charge on any atom is 0.0787 e. The number of piperidine rings is 1. The molecule has 3 heteroatoms. The van der Waals surface area contributed by atoms with Crippen LogP contribution in [0.1, 0.15) is 50.3 Å². The normalized spacial score (nSPS) is 21.4. The van der Waals surface area contributed by atoms with Crippen LogP contribution in [0, 0.1) is 5.92 Å². The van der Waals surface area contributed by atoms with Crippen LogP contribution in [0.2, 0.25) is 0 Å². The quantitative estimate of drug-likeness (QED) is 0.782. The Balaban J connectivity index is 1.66. The van der Waals surface area contributed by atoms with Gasteiger partial charge >= 0.3 is 0 Å². The highest BCUT2D eigenvalue weighted by Gasteiger charge is 2.15. The molecule has 0 saturated carbocycles. The third kappa shape index (κ3) is 5.42. The summed E-state index contributed by atoms with van der Waals surface area (Å²) >= 11 is 0. The average Bonchev–Trinajstić information content (AvgIpc) is 2.51. The van der Waals surface area contributed by atoms with E-state index in [-0.39, 0.29) is 6.10 Å². The van der Waals surface area contributed by atoms with E-state index in [1.807, 2.05) is 19.1 Å². The van der Waals surface area contributed by atoms with Crippen molar-refractivity contribution in [1.82, 2.24) is 4.90 Å². The van der Waals surface area contributed by atoms with Crippen LogP contribution < -0.4 is 0 Å². The molecule has 0 amide bonds. The molecule has 2 atom stereocenters. The van der Waals surface area contributed by atoms with Gasteiger partial charge in [-0.15, -0.1) is 0 Å². The Morgan fingerprint density at radius 3 is 2.76 bits per heavy atom. The van der Waals surface area contributed by atoms with Crippen LogP contribution in [-0.4, -0.2) is 36.2 Å². The van der Waals surface area contributed by atoms with Gasteiger partial charge in [-0.3, -0.25) is 0 Å². The summed E-state index contributed by atoms with van der Waals surface area (Å²) in [6.07, 6.45) is 3.10. The first-order valence-corrected chi connectivity index (χ1v) is 8.26. The predicted octanol–water partition coefficient (Wildman–Crippen LogP) is 3.38. The lowest BCUT2D eigenvalue weighted by molar-refractivity contribution is 0.0781. The SMILES string of the molecule is CCC(O)c1ccc(COCCN2CCCC(C)C2)cc1. The predicted molar refractivity (Wildman–Crippen MR) is 86.2 cm³/mol. The van der Waals surface area contributed by atoms with Crippen LogP contribution in [0.4, 0.5) is 0 Å². The fraction of sp³-hybridized carbons (Fsp3) is 0.667. The number of ether oxygens (including phenoxy) is 1. The van der Waals surface area contributed by atoms with E-state index in [9.17, 15) is 5.11 Å². The first-order chi connectivity index (χ1) is 10.2. The molecule has 0 bridgehead atoms. The molecule has 1 aliphatic heterocycles. The van der Waals surface area contributed by atoms with E-state index in [2.05, 4.69) is 24.0 Å². The number of aliphatic hydroxyl groups is 1. The van der Waals surface area contributed by atoms with Crippen molar-refractivity contribution in [1.29, 1.82) is 0 Å². The minimum atomic E-state index is -0.346. The van der Waals surface area contributed by atoms with Crippen molar-refractivity contribution in [2.45, 2.75) is 45.8 Å². The maximum atomic E-state index is 9.76. The molecule has 1 heterocycles. The van der Waals surface area contributed by atoms with E-state index in [1.54, 1.807) is 0 Å². The molecule has 3 nitrogen and oxygen atoms in total. The highest BCUT2D eigenvalue weighted by molar-refractivity contribution is 5.23. The van der Waals surface area contributed by atoms with Gasteiger partial charge in [0.15, 0.2) is 0 Å². The summed E-state index contributed by atoms with van der Waals surface area (Å²) in [6.45, 7) is 9.25. The van der Waals surface area contributed by atoms with Crippen molar-refractivity contribution < 1.29 is 9.84 Å². The largest absolute Gasteiger partial charge is 0.388 e. The topological polar surface area (TPSA) is 32.7 Å². The molecule has 1 aromatic carbocycles. The number of nitrogens with zero attached hydrogens (tertiary/aromatic N) is 1. The van der Waals surface area contributed by atoms with Gasteiger partial charge in [-0.1, -0.05) is 38.1 Å². The Morgan fingerprint density at radius 1 is 1.33 bits per heavy atom. The summed E-state index contributed by atoms with van der Waals surface area (Å²) in [7, 11) is 0. The summed E-state index contributed by atoms with van der Waals surface area (Å²) in [5.41, 5.74) is 2.16. The molecule has 0 spiro atoms. The smallest absolute Gasteiger partial charge is 0.0787 e. The second-order valence-corrected chi connectivity index (χ2v) is 6.27. The number of hydrogen-bond acceptors (Lipinski definition) is 3. The van der Waals surface area contributed by atoms with Gasteiger partial charge < -0.3 is 14.7 Å². The van der Waals surface area contributed by atoms with E-state index >= 15 is 0 Å². The van der Waals surface area contributed by atoms with E-state index in [4.69, 9.17) is 4.74 Å². The molecule has 118 valence electrons. The molecule has 0 radical (unpaired) electrons. The molecule has 1 aromatic rings. The highest BCUT2D eigenvalue weighted by atomic mass is 16.5. The van der Waals surface area contributed by atoms with Gasteiger partial charge in [-0.2, -0.15) is 0 Å². The molecule has 2 unspecified atom stereocenters. The van der Waals surface area contributed by atoms with Gasteiger partial charge in [0.25, 0.3) is 0 Å². The summed E-state index contributed by atoms with van der Waals surface area (Å²) < 4.78 is 5.78. The third-order valence-corrected chi connectivity index (χ3v) is 4.31. The second-order valence-electron chi connectivity index (χ2n) is 6.27. The molecule has 21 heavy (non-hydrogen) atoms. The van der Waals surface area contributed by atoms with Crippen LogP contribution in [0.25, 0.3) is 0 Å². The number of rotatable bonds is 7. The summed E-state index contributed by atoms with van der Waals surface area (Å²) in [4.78, 5) is 2.51. The monoisotopic (exact) mass is 291 g/mol. The van der Waals surface area contributed by atoms with E-state index in [1.165, 1.54) is 31.5 Å². The van der Waals surface area contributed by atoms with Crippen LogP contribution >= 0.6 is 0 Å². The van der Waals surface area contributed by atoms with Crippen LogP contribution in [0.15, 0.2) is 24.3 Å². The van der Waals surface area contributed by atoms with E-state index in [0.29, 0.717) is 6.61 Å². The molecule has 2 rings (SSSR count). The van der Waals surface area contributed by atoms with Crippen LogP contribution in [-0.2, 0) is 11.3 Å². The number of benzene rings is 1. The van der Waals surface area contributed by atoms with Gasteiger partial charge in [0.2, 0.25) is 0 Å². The first-order valence-electron chi connectivity index (χ1n) is 8.26. The zero-order valence-corrected chi connectivity index (χ0v) is 13.4. The van der Waals surface area contributed by atoms with Gasteiger partial charge in [-0.05, 0) is 42.9 Å². The van der Waals surface area contributed by atoms with Crippen molar-refractivity contribution in [2.75, 3.05) is 26.2 Å². The van der Waals surface area contributed by atoms with Crippen LogP contribution in [0.3, 0.4) is 0 Å². The summed E-state index contributed by atoms with van der Waals surface area (Å²) in [6, 6.07) is 8.10. The fourth-order valence-corrected chi connectivity index (χ4v) is 2.95. The molecular formula is C18H29NO2. The molecule has 1 aliphatic rings. The van der Waals surface area contributed by atoms with Gasteiger partial charge in [0, 0.05) is 13.1 Å². The number of hydrogen-bond donors (Lipinski definition) is 1. The highest BCUT2D eigenvalue weighted by Crippen LogP contribution is 2.17. The van der Waals surface area contributed by atoms with Crippen molar-refractivity contribution in [2.24, 2.45) is 5.92 Å². The lowest BCUT2D eigenvalue weighted by Crippen LogP contribution is -2.36. The van der Waals surface area contributed by atoms with Gasteiger partial charge in [-0.25, -0.2) is 0 Å². The Morgan fingerprint density at radius 2 is 2.10 bits per heavy atom. The minimum absolute atomic E-state index is 0.346. The molecule has 1 saturated heterocycles. The Bertz CT molecular complexity index is 404.